The predicted octanol–water partition coefficient (Wildman–Crippen LogP) is 3.40. The van der Waals surface area contributed by atoms with Crippen LogP contribution in [0.25, 0.3) is 11.1 Å². The van der Waals surface area contributed by atoms with Crippen LogP contribution in [0.2, 0.25) is 0 Å². The Balaban J connectivity index is 0.000000735. The van der Waals surface area contributed by atoms with Crippen molar-refractivity contribution in [3.8, 4) is 22.6 Å². The van der Waals surface area contributed by atoms with Gasteiger partial charge in [0.25, 0.3) is 0 Å². The molecule has 0 aliphatic rings. The molecule has 0 fully saturated rings. The van der Waals surface area contributed by atoms with Gasteiger partial charge in [0.05, 0.1) is 7.11 Å². The molecule has 0 saturated carbocycles. The summed E-state index contributed by atoms with van der Waals surface area (Å²) in [5.74, 6) is 6.13. The summed E-state index contributed by atoms with van der Waals surface area (Å²) in [6.07, 6.45) is 0.403. The maximum atomic E-state index is 8.94. The van der Waals surface area contributed by atoms with Crippen molar-refractivity contribution in [3.63, 3.8) is 0 Å². The quantitative estimate of drug-likeness (QED) is 0.178. The van der Waals surface area contributed by atoms with Crippen LogP contribution in [0.1, 0.15) is 11.1 Å². The summed E-state index contributed by atoms with van der Waals surface area (Å²) in [5.41, 5.74) is 7.49. The van der Waals surface area contributed by atoms with Gasteiger partial charge in [0.2, 0.25) is 6.41 Å². The zero-order valence-corrected chi connectivity index (χ0v) is 18.6. The number of aryl methyl sites for hydroxylation is 1. The van der Waals surface area contributed by atoms with Crippen molar-refractivity contribution in [1.82, 2.24) is 5.43 Å². The molecular formula is C23H28N3O3P. The van der Waals surface area contributed by atoms with E-state index in [9.17, 15) is 0 Å². The minimum Gasteiger partial charge on any atom is -0.497 e. The molecule has 158 valence electrons. The Morgan fingerprint density at radius 3 is 2.33 bits per heavy atom. The fourth-order valence-electron chi connectivity index (χ4n) is 2.90. The average Bonchev–Trinajstić information content (AvgIpc) is 2.79. The van der Waals surface area contributed by atoms with E-state index in [2.05, 4.69) is 75.9 Å². The van der Waals surface area contributed by atoms with E-state index < -0.39 is 0 Å². The van der Waals surface area contributed by atoms with E-state index in [-0.39, 0.29) is 0 Å². The first-order valence-electron chi connectivity index (χ1n) is 9.36. The number of nitrogens with two attached hydrogens (primary N) is 1. The highest BCUT2D eigenvalue weighted by Gasteiger charge is 2.08. The Kier molecular flexibility index (Phi) is 9.13. The normalized spacial score (nSPS) is 9.77. The minimum atomic E-state index is 0.403. The molecule has 0 spiro atoms. The Bertz CT molecular complexity index is 962. The van der Waals surface area contributed by atoms with E-state index in [4.69, 9.17) is 14.3 Å². The van der Waals surface area contributed by atoms with E-state index >= 15 is 0 Å². The summed E-state index contributed by atoms with van der Waals surface area (Å²) in [4.78, 5) is 8.94. The standard InChI is InChI=1S/C22H24NO2P.CH4N2O/c1-15-5-4-6-20(23-2)19(15)14-25-21-13-17(9-12-22(21)26)16-7-10-18(24-3)11-8-16;2-3-1-4/h4-13,23H,14,26H2,1-3H3;1H,2H2,(H,3,4). The largest absolute Gasteiger partial charge is 0.497 e. The van der Waals surface area contributed by atoms with Gasteiger partial charge in [-0.25, -0.2) is 5.84 Å². The molecule has 6 nitrogen and oxygen atoms in total. The molecule has 3 aromatic rings. The van der Waals surface area contributed by atoms with Crippen LogP contribution in [0.3, 0.4) is 0 Å². The Hall–Kier alpha value is -3.08. The highest BCUT2D eigenvalue weighted by atomic mass is 31.0. The molecule has 0 aliphatic carbocycles. The fraction of sp³-hybridized carbons (Fsp3) is 0.174. The van der Waals surface area contributed by atoms with Crippen molar-refractivity contribution in [2.75, 3.05) is 19.5 Å². The molecule has 4 N–H and O–H groups in total. The van der Waals surface area contributed by atoms with Crippen molar-refractivity contribution >= 4 is 26.6 Å². The number of rotatable bonds is 7. The van der Waals surface area contributed by atoms with Crippen LogP contribution in [-0.2, 0) is 11.4 Å². The number of ether oxygens (including phenoxy) is 2. The summed E-state index contributed by atoms with van der Waals surface area (Å²) in [7, 11) is 6.36. The molecule has 1 amide bonds. The number of carbonyl (C=O) groups excluding carboxylic acids is 1. The Labute approximate surface area is 180 Å². The highest BCUT2D eigenvalue weighted by Crippen LogP contribution is 2.27. The second-order valence-electron chi connectivity index (χ2n) is 6.41. The van der Waals surface area contributed by atoms with Crippen molar-refractivity contribution in [2.24, 2.45) is 5.84 Å². The summed E-state index contributed by atoms with van der Waals surface area (Å²) in [6.45, 7) is 2.63. The van der Waals surface area contributed by atoms with Crippen LogP contribution < -0.4 is 31.4 Å². The zero-order valence-electron chi connectivity index (χ0n) is 17.4. The van der Waals surface area contributed by atoms with Gasteiger partial charge in [-0.05, 0) is 47.9 Å². The van der Waals surface area contributed by atoms with Crippen LogP contribution in [0.4, 0.5) is 5.69 Å². The smallest absolute Gasteiger partial charge is 0.221 e. The molecule has 1 unspecified atom stereocenters. The lowest BCUT2D eigenvalue weighted by atomic mass is 10.1. The molecular weight excluding hydrogens is 397 g/mol. The number of hydrazine groups is 1. The Morgan fingerprint density at radius 1 is 1.07 bits per heavy atom. The lowest BCUT2D eigenvalue weighted by Crippen LogP contribution is -2.18. The fourth-order valence-corrected chi connectivity index (χ4v) is 3.16. The number of hydrogen-bond donors (Lipinski definition) is 3. The van der Waals surface area contributed by atoms with Gasteiger partial charge in [-0.1, -0.05) is 36.4 Å². The van der Waals surface area contributed by atoms with Gasteiger partial charge in [0.15, 0.2) is 0 Å². The van der Waals surface area contributed by atoms with Crippen LogP contribution in [-0.4, -0.2) is 20.6 Å². The number of benzene rings is 3. The molecule has 1 atom stereocenters. The average molecular weight is 425 g/mol. The number of amides is 1. The van der Waals surface area contributed by atoms with Gasteiger partial charge >= 0.3 is 0 Å². The first kappa shape index (κ1) is 23.2. The van der Waals surface area contributed by atoms with Crippen molar-refractivity contribution in [1.29, 1.82) is 0 Å². The summed E-state index contributed by atoms with van der Waals surface area (Å²) in [5, 5.41) is 4.28. The molecule has 0 heterocycles. The summed E-state index contributed by atoms with van der Waals surface area (Å²) < 4.78 is 11.4. The van der Waals surface area contributed by atoms with Crippen LogP contribution >= 0.6 is 9.24 Å². The lowest BCUT2D eigenvalue weighted by molar-refractivity contribution is -0.109. The minimum absolute atomic E-state index is 0.403. The molecule has 0 radical (unpaired) electrons. The monoisotopic (exact) mass is 425 g/mol. The van der Waals surface area contributed by atoms with Crippen LogP contribution in [0.5, 0.6) is 11.5 Å². The van der Waals surface area contributed by atoms with Crippen LogP contribution in [0.15, 0.2) is 60.7 Å². The third-order valence-electron chi connectivity index (χ3n) is 4.56. The first-order chi connectivity index (χ1) is 14.5. The maximum absolute atomic E-state index is 8.94. The highest BCUT2D eigenvalue weighted by molar-refractivity contribution is 7.27. The predicted molar refractivity (Wildman–Crippen MR) is 126 cm³/mol. The van der Waals surface area contributed by atoms with Crippen LogP contribution in [0, 0.1) is 6.92 Å². The van der Waals surface area contributed by atoms with E-state index in [1.54, 1.807) is 12.5 Å². The molecule has 0 aromatic heterocycles. The first-order valence-corrected chi connectivity index (χ1v) is 9.94. The third-order valence-corrected chi connectivity index (χ3v) is 5.03. The van der Waals surface area contributed by atoms with E-state index in [0.29, 0.717) is 13.0 Å². The summed E-state index contributed by atoms with van der Waals surface area (Å²) >= 11 is 0. The lowest BCUT2D eigenvalue weighted by Gasteiger charge is -2.15. The van der Waals surface area contributed by atoms with Gasteiger partial charge in [-0.3, -0.25) is 10.2 Å². The number of hydrogen-bond acceptors (Lipinski definition) is 5. The van der Waals surface area contributed by atoms with E-state index in [0.717, 1.165) is 33.6 Å². The number of nitrogens with one attached hydrogen (secondary N) is 2. The van der Waals surface area contributed by atoms with Gasteiger partial charge in [0, 0.05) is 23.6 Å². The van der Waals surface area contributed by atoms with Gasteiger partial charge in [0.1, 0.15) is 18.1 Å². The zero-order chi connectivity index (χ0) is 21.9. The molecule has 3 rings (SSSR count). The molecule has 0 bridgehead atoms. The van der Waals surface area contributed by atoms with Crippen molar-refractivity contribution in [2.45, 2.75) is 13.5 Å². The van der Waals surface area contributed by atoms with Gasteiger partial charge < -0.3 is 14.8 Å². The topological polar surface area (TPSA) is 85.6 Å². The molecule has 0 saturated heterocycles. The second-order valence-corrected chi connectivity index (χ2v) is 7.03. The second kappa shape index (κ2) is 11.8. The van der Waals surface area contributed by atoms with E-state index in [1.807, 2.05) is 19.2 Å². The molecule has 30 heavy (non-hydrogen) atoms. The van der Waals surface area contributed by atoms with Crippen molar-refractivity contribution in [3.05, 3.63) is 71.8 Å². The number of carbonyl (C=O) groups is 1. The molecule has 7 heteroatoms. The van der Waals surface area contributed by atoms with E-state index in [1.165, 1.54) is 11.1 Å². The summed E-state index contributed by atoms with van der Waals surface area (Å²) in [6, 6.07) is 20.5. The number of anilines is 1. The molecule has 0 aliphatic heterocycles. The SMILES string of the molecule is CNc1cccc(C)c1COc1cc(-c2ccc(OC)cc2)ccc1P.NNC=O. The van der Waals surface area contributed by atoms with Crippen molar-refractivity contribution < 1.29 is 14.3 Å². The maximum Gasteiger partial charge on any atom is 0.221 e. The molecule has 3 aromatic carbocycles. The van der Waals surface area contributed by atoms with Gasteiger partial charge in [-0.2, -0.15) is 0 Å². The third kappa shape index (κ3) is 6.21. The Morgan fingerprint density at radius 2 is 1.73 bits per heavy atom. The van der Waals surface area contributed by atoms with Gasteiger partial charge in [-0.15, -0.1) is 9.24 Å². The number of methoxy groups -OCH3 is 1.